The number of rotatable bonds is 15. The zero-order valence-corrected chi connectivity index (χ0v) is 19.6. The normalized spacial score (nSPS) is 12.2. The van der Waals surface area contributed by atoms with Gasteiger partial charge in [0.2, 0.25) is 11.8 Å². The Morgan fingerprint density at radius 1 is 0.886 bits per heavy atom. The minimum absolute atomic E-state index is 0.121. The molecule has 0 spiro atoms. The van der Waals surface area contributed by atoms with Gasteiger partial charge in [0.05, 0.1) is 12.5 Å². The van der Waals surface area contributed by atoms with Crippen molar-refractivity contribution in [2.45, 2.75) is 44.2 Å². The zero-order chi connectivity index (χ0) is 25.5. The van der Waals surface area contributed by atoms with Crippen molar-refractivity contribution in [3.8, 4) is 0 Å². The number of nitrogens with two attached hydrogens (primary N) is 1. The van der Waals surface area contributed by atoms with E-state index in [2.05, 4.69) is 21.3 Å². The highest BCUT2D eigenvalue weighted by Crippen LogP contribution is 2.10. The van der Waals surface area contributed by atoms with E-state index in [1.807, 2.05) is 36.4 Å². The molecular weight excluding hydrogens is 448 g/mol. The second kappa shape index (κ2) is 15.1. The minimum atomic E-state index is -0.960. The number of carboxylic acids is 1. The average Bonchev–Trinajstić information content (AvgIpc) is 2.83. The number of carbonyl (C=O) groups is 3. The van der Waals surface area contributed by atoms with E-state index >= 15 is 0 Å². The first-order valence-corrected chi connectivity index (χ1v) is 11.6. The Kier molecular flexibility index (Phi) is 11.8. The van der Waals surface area contributed by atoms with Gasteiger partial charge in [-0.15, -0.1) is 0 Å². The van der Waals surface area contributed by atoms with E-state index in [1.165, 1.54) is 0 Å². The first kappa shape index (κ1) is 27.3. The molecule has 0 saturated heterocycles. The molecule has 2 aromatic carbocycles. The van der Waals surface area contributed by atoms with Crippen LogP contribution in [0.5, 0.6) is 0 Å². The number of hydrogen-bond acceptors (Lipinski definition) is 5. The lowest BCUT2D eigenvalue weighted by atomic mass is 10.0. The highest BCUT2D eigenvalue weighted by Gasteiger charge is 2.25. The van der Waals surface area contributed by atoms with E-state index in [1.54, 1.807) is 24.3 Å². The molecule has 8 N–H and O–H groups in total. The van der Waals surface area contributed by atoms with Crippen LogP contribution in [0.2, 0.25) is 0 Å². The molecule has 188 valence electrons. The van der Waals surface area contributed by atoms with Gasteiger partial charge in [-0.3, -0.25) is 19.8 Å². The molecule has 0 fully saturated rings. The van der Waals surface area contributed by atoms with Crippen molar-refractivity contribution in [3.63, 3.8) is 0 Å². The second-order valence-corrected chi connectivity index (χ2v) is 8.07. The molecule has 0 aliphatic carbocycles. The van der Waals surface area contributed by atoms with Crippen LogP contribution >= 0.6 is 0 Å². The van der Waals surface area contributed by atoms with E-state index in [0.29, 0.717) is 37.9 Å². The third-order valence-electron chi connectivity index (χ3n) is 5.27. The maximum atomic E-state index is 13.2. The van der Waals surface area contributed by atoms with Gasteiger partial charge in [-0.2, -0.15) is 0 Å². The Labute approximate surface area is 205 Å². The summed E-state index contributed by atoms with van der Waals surface area (Å²) in [6, 6.07) is 17.1. The van der Waals surface area contributed by atoms with E-state index in [-0.39, 0.29) is 30.7 Å². The standard InChI is InChI=1S/C25H34N6O4/c26-25(27)29-16-7-12-21(24(35)30-19-10-5-2-6-11-19)31-23(34)20(28-17-15-22(32)33)14-13-18-8-3-1-4-9-18/h1-6,8-11,20-21,28H,7,12-17H2,(H,30,35)(H,31,34)(H,32,33)(H4,26,27,29)/t20-,21+/m0/s1. The van der Waals surface area contributed by atoms with Crippen molar-refractivity contribution >= 4 is 29.4 Å². The van der Waals surface area contributed by atoms with Crippen LogP contribution in [0.1, 0.15) is 31.2 Å². The topological polar surface area (TPSA) is 169 Å². The number of nitrogens with one attached hydrogen (secondary N) is 5. The van der Waals surface area contributed by atoms with Gasteiger partial charge in [0.15, 0.2) is 5.96 Å². The zero-order valence-electron chi connectivity index (χ0n) is 19.6. The van der Waals surface area contributed by atoms with Crippen LogP contribution in [0.25, 0.3) is 0 Å². The number of hydrogen-bond donors (Lipinski definition) is 7. The van der Waals surface area contributed by atoms with Gasteiger partial charge in [-0.25, -0.2) is 0 Å². The molecule has 0 aliphatic rings. The molecule has 0 bridgehead atoms. The Morgan fingerprint density at radius 3 is 2.17 bits per heavy atom. The van der Waals surface area contributed by atoms with Gasteiger partial charge in [0, 0.05) is 18.8 Å². The number of guanidine groups is 1. The number of carbonyl (C=O) groups excluding carboxylic acids is 2. The van der Waals surface area contributed by atoms with Gasteiger partial charge >= 0.3 is 5.97 Å². The van der Waals surface area contributed by atoms with Crippen LogP contribution in [-0.4, -0.2) is 54.0 Å². The van der Waals surface area contributed by atoms with Crippen LogP contribution in [0, 0.1) is 5.41 Å². The number of para-hydroxylation sites is 1. The molecule has 0 radical (unpaired) electrons. The SMILES string of the molecule is N=C(N)NCCC[C@@H](NC(=O)[C@H](CCc1ccccc1)NCCC(=O)O)C(=O)Nc1ccccc1. The van der Waals surface area contributed by atoms with Gasteiger partial charge in [-0.05, 0) is 43.4 Å². The van der Waals surface area contributed by atoms with Gasteiger partial charge in [0.1, 0.15) is 6.04 Å². The molecule has 0 unspecified atom stereocenters. The molecule has 0 saturated carbocycles. The Morgan fingerprint density at radius 2 is 1.54 bits per heavy atom. The predicted molar refractivity (Wildman–Crippen MR) is 135 cm³/mol. The molecule has 2 atom stereocenters. The summed E-state index contributed by atoms with van der Waals surface area (Å²) < 4.78 is 0. The molecular formula is C25H34N6O4. The van der Waals surface area contributed by atoms with E-state index in [9.17, 15) is 14.4 Å². The van der Waals surface area contributed by atoms with Crippen molar-refractivity contribution in [2.24, 2.45) is 5.73 Å². The van der Waals surface area contributed by atoms with Crippen molar-refractivity contribution in [2.75, 3.05) is 18.4 Å². The largest absolute Gasteiger partial charge is 0.481 e. The number of carboxylic acid groups (broad SMARTS) is 1. The third kappa shape index (κ3) is 11.2. The van der Waals surface area contributed by atoms with Crippen LogP contribution in [0.3, 0.4) is 0 Å². The molecule has 0 aromatic heterocycles. The summed E-state index contributed by atoms with van der Waals surface area (Å²) in [7, 11) is 0. The molecule has 2 rings (SSSR count). The lowest BCUT2D eigenvalue weighted by molar-refractivity contribution is -0.137. The lowest BCUT2D eigenvalue weighted by Crippen LogP contribution is -2.52. The van der Waals surface area contributed by atoms with Gasteiger partial charge in [-0.1, -0.05) is 48.5 Å². The predicted octanol–water partition coefficient (Wildman–Crippen LogP) is 1.44. The maximum Gasteiger partial charge on any atom is 0.304 e. The fraction of sp³-hybridized carbons (Fsp3) is 0.360. The summed E-state index contributed by atoms with van der Waals surface area (Å²) in [5.41, 5.74) is 6.98. The van der Waals surface area contributed by atoms with E-state index < -0.39 is 18.1 Å². The summed E-state index contributed by atoms with van der Waals surface area (Å²) in [6.07, 6.45) is 1.75. The first-order valence-electron chi connectivity index (χ1n) is 11.6. The summed E-state index contributed by atoms with van der Waals surface area (Å²) >= 11 is 0. The number of aliphatic carboxylic acids is 1. The van der Waals surface area contributed by atoms with Crippen molar-refractivity contribution in [1.82, 2.24) is 16.0 Å². The molecule has 35 heavy (non-hydrogen) atoms. The molecule has 10 nitrogen and oxygen atoms in total. The fourth-order valence-electron chi connectivity index (χ4n) is 3.46. The Balaban J connectivity index is 2.07. The van der Waals surface area contributed by atoms with Crippen LogP contribution < -0.4 is 27.0 Å². The van der Waals surface area contributed by atoms with Gasteiger partial charge in [0.25, 0.3) is 0 Å². The first-order chi connectivity index (χ1) is 16.8. The third-order valence-corrected chi connectivity index (χ3v) is 5.27. The van der Waals surface area contributed by atoms with Crippen LogP contribution in [-0.2, 0) is 20.8 Å². The smallest absolute Gasteiger partial charge is 0.304 e. The van der Waals surface area contributed by atoms with Crippen LogP contribution in [0.4, 0.5) is 5.69 Å². The number of amides is 2. The van der Waals surface area contributed by atoms with Crippen molar-refractivity contribution < 1.29 is 19.5 Å². The summed E-state index contributed by atoms with van der Waals surface area (Å²) in [5, 5.41) is 27.6. The fourth-order valence-corrected chi connectivity index (χ4v) is 3.46. The summed E-state index contributed by atoms with van der Waals surface area (Å²) in [6.45, 7) is 0.514. The van der Waals surface area contributed by atoms with E-state index in [4.69, 9.17) is 16.2 Å². The Bertz CT molecular complexity index is 955. The monoisotopic (exact) mass is 482 g/mol. The molecule has 0 aliphatic heterocycles. The highest BCUT2D eigenvalue weighted by atomic mass is 16.4. The molecule has 0 heterocycles. The quantitative estimate of drug-likeness (QED) is 0.114. The highest BCUT2D eigenvalue weighted by molar-refractivity contribution is 5.97. The number of benzene rings is 2. The van der Waals surface area contributed by atoms with Crippen LogP contribution in [0.15, 0.2) is 60.7 Å². The molecule has 2 aromatic rings. The van der Waals surface area contributed by atoms with E-state index in [0.717, 1.165) is 5.56 Å². The minimum Gasteiger partial charge on any atom is -0.481 e. The number of aryl methyl sites for hydroxylation is 1. The Hall–Kier alpha value is -3.92. The molecule has 2 amide bonds. The maximum absolute atomic E-state index is 13.2. The molecule has 10 heteroatoms. The average molecular weight is 483 g/mol. The second-order valence-electron chi connectivity index (χ2n) is 8.07. The summed E-state index contributed by atoms with van der Waals surface area (Å²) in [4.78, 5) is 37.1. The van der Waals surface area contributed by atoms with Crippen molar-refractivity contribution in [1.29, 1.82) is 5.41 Å². The number of anilines is 1. The lowest BCUT2D eigenvalue weighted by Gasteiger charge is -2.23. The van der Waals surface area contributed by atoms with Gasteiger partial charge < -0.3 is 32.1 Å². The van der Waals surface area contributed by atoms with Crippen molar-refractivity contribution in [3.05, 3.63) is 66.2 Å². The summed E-state index contributed by atoms with van der Waals surface area (Å²) in [5.74, 6) is -1.86.